The molecule has 2 heterocycles. The Morgan fingerprint density at radius 2 is 2.09 bits per heavy atom. The lowest BCUT2D eigenvalue weighted by molar-refractivity contribution is -0.786. The van der Waals surface area contributed by atoms with Gasteiger partial charge in [-0.1, -0.05) is 0 Å². The smallest absolute Gasteiger partial charge is 0.333 e. The summed E-state index contributed by atoms with van der Waals surface area (Å²) in [5.74, 6) is -0.319. The molecule has 2 aromatic rings. The summed E-state index contributed by atoms with van der Waals surface area (Å²) in [7, 11) is 3.81. The zero-order valence-electron chi connectivity index (χ0n) is 20.2. The molecule has 1 aromatic carbocycles. The van der Waals surface area contributed by atoms with Crippen LogP contribution in [0.25, 0.3) is 0 Å². The number of aliphatic hydroxyl groups excluding tert-OH is 1. The van der Waals surface area contributed by atoms with Crippen molar-refractivity contribution in [2.24, 2.45) is 0 Å². The molecule has 3 rings (SSSR count). The molecule has 1 amide bonds. The van der Waals surface area contributed by atoms with Gasteiger partial charge in [0.1, 0.15) is 23.5 Å². The van der Waals surface area contributed by atoms with Gasteiger partial charge in [-0.25, -0.2) is 4.79 Å². The number of benzene rings is 1. The summed E-state index contributed by atoms with van der Waals surface area (Å²) in [4.78, 5) is 38.7. The monoisotopic (exact) mass is 486 g/mol. The Kier molecular flexibility index (Phi) is 8.95. The highest BCUT2D eigenvalue weighted by atomic mass is 16.5. The Morgan fingerprint density at radius 1 is 1.31 bits per heavy atom. The third-order valence-electron chi connectivity index (χ3n) is 5.90. The van der Waals surface area contributed by atoms with Gasteiger partial charge < -0.3 is 24.8 Å². The van der Waals surface area contributed by atoms with Crippen LogP contribution in [0.15, 0.2) is 34.0 Å². The number of aryl methyl sites for hydroxylation is 1. The van der Waals surface area contributed by atoms with Crippen LogP contribution in [0.2, 0.25) is 0 Å². The number of hydrogen-bond donors (Lipinski definition) is 3. The van der Waals surface area contributed by atoms with Gasteiger partial charge >= 0.3 is 5.69 Å². The van der Waals surface area contributed by atoms with E-state index in [1.165, 1.54) is 10.8 Å². The summed E-state index contributed by atoms with van der Waals surface area (Å²) in [6.07, 6.45) is 1.87. The van der Waals surface area contributed by atoms with Gasteiger partial charge in [0, 0.05) is 29.9 Å². The minimum absolute atomic E-state index is 0.0588. The fourth-order valence-electron chi connectivity index (χ4n) is 4.00. The number of hydrogen-bond acceptors (Lipinski definition) is 7. The number of nitriles is 1. The Morgan fingerprint density at radius 3 is 2.74 bits per heavy atom. The molecular weight excluding hydrogens is 454 g/mol. The summed E-state index contributed by atoms with van der Waals surface area (Å²) >= 11 is 0. The summed E-state index contributed by atoms with van der Waals surface area (Å²) in [6, 6.07) is 7.10. The lowest BCUT2D eigenvalue weighted by Gasteiger charge is -2.17. The average Bonchev–Trinajstić information content (AvgIpc) is 3.33. The SMILES string of the molecule is Cc1cn(C2CCC(CO)O2)c(=O)n(CCOCCNC(=O)c2ccc([NH+](C)C)c(C#N)c2)c1=O. The summed E-state index contributed by atoms with van der Waals surface area (Å²) < 4.78 is 13.7. The molecule has 0 bridgehead atoms. The number of rotatable bonds is 10. The minimum atomic E-state index is -0.518. The largest absolute Gasteiger partial charge is 0.394 e. The minimum Gasteiger partial charge on any atom is -0.394 e. The number of aromatic nitrogens is 2. The van der Waals surface area contributed by atoms with Gasteiger partial charge in [0.15, 0.2) is 0 Å². The molecule has 1 saturated heterocycles. The van der Waals surface area contributed by atoms with Crippen molar-refractivity contribution in [3.05, 3.63) is 61.9 Å². The van der Waals surface area contributed by atoms with Gasteiger partial charge in [0.05, 0.1) is 46.6 Å². The van der Waals surface area contributed by atoms with Crippen LogP contribution in [0.5, 0.6) is 0 Å². The molecular formula is C24H32N5O6+. The zero-order valence-corrected chi connectivity index (χ0v) is 20.2. The first-order valence-electron chi connectivity index (χ1n) is 11.6. The van der Waals surface area contributed by atoms with E-state index in [1.807, 2.05) is 14.1 Å². The molecule has 1 fully saturated rings. The van der Waals surface area contributed by atoms with Gasteiger partial charge in [-0.15, -0.1) is 0 Å². The van der Waals surface area contributed by atoms with E-state index in [4.69, 9.17) is 9.47 Å². The lowest BCUT2D eigenvalue weighted by atomic mass is 10.1. The van der Waals surface area contributed by atoms with Crippen LogP contribution < -0.4 is 21.5 Å². The van der Waals surface area contributed by atoms with Crippen LogP contribution >= 0.6 is 0 Å². The highest BCUT2D eigenvalue weighted by Gasteiger charge is 2.27. The first-order chi connectivity index (χ1) is 16.8. The molecule has 35 heavy (non-hydrogen) atoms. The molecule has 2 unspecified atom stereocenters. The van der Waals surface area contributed by atoms with E-state index < -0.39 is 17.5 Å². The highest BCUT2D eigenvalue weighted by molar-refractivity contribution is 5.94. The van der Waals surface area contributed by atoms with Crippen LogP contribution in [0.3, 0.4) is 0 Å². The number of nitrogens with one attached hydrogen (secondary N) is 2. The molecule has 3 N–H and O–H groups in total. The highest BCUT2D eigenvalue weighted by Crippen LogP contribution is 2.26. The van der Waals surface area contributed by atoms with Crippen molar-refractivity contribution < 1.29 is 24.3 Å². The van der Waals surface area contributed by atoms with E-state index in [9.17, 15) is 24.8 Å². The van der Waals surface area contributed by atoms with Gasteiger partial charge in [0.2, 0.25) is 0 Å². The van der Waals surface area contributed by atoms with E-state index in [0.717, 1.165) is 15.2 Å². The number of nitrogens with zero attached hydrogens (tertiary/aromatic N) is 3. The molecule has 188 valence electrons. The summed E-state index contributed by atoms with van der Waals surface area (Å²) in [5.41, 5.74) is 1.17. The standard InChI is InChI=1S/C24H31N5O6/c1-16-14-29(21-7-5-19(15-30)35-21)24(33)28(23(16)32)9-11-34-10-8-26-22(31)17-4-6-20(27(2)3)18(12-17)13-25/h4,6,12,14,19,21,30H,5,7-11,15H2,1-3H3,(H,26,31)/p+1. The number of quaternary nitrogens is 1. The molecule has 11 nitrogen and oxygen atoms in total. The maximum Gasteiger partial charge on any atom is 0.333 e. The maximum absolute atomic E-state index is 12.9. The second-order valence-electron chi connectivity index (χ2n) is 8.67. The van der Waals surface area contributed by atoms with Crippen LogP contribution in [0.4, 0.5) is 5.69 Å². The average molecular weight is 487 g/mol. The molecule has 0 spiro atoms. The normalized spacial score (nSPS) is 17.5. The Balaban J connectivity index is 1.52. The van der Waals surface area contributed by atoms with Crippen molar-refractivity contribution in [3.63, 3.8) is 0 Å². The molecule has 11 heteroatoms. The maximum atomic E-state index is 12.9. The lowest BCUT2D eigenvalue weighted by Crippen LogP contribution is -3.00. The van der Waals surface area contributed by atoms with Gasteiger partial charge in [-0.2, -0.15) is 5.26 Å². The molecule has 0 radical (unpaired) electrons. The van der Waals surface area contributed by atoms with Crippen LogP contribution in [0, 0.1) is 18.3 Å². The predicted octanol–water partition coefficient (Wildman–Crippen LogP) is -0.917. The van der Waals surface area contributed by atoms with E-state index in [2.05, 4.69) is 11.4 Å². The second-order valence-corrected chi connectivity index (χ2v) is 8.67. The van der Waals surface area contributed by atoms with E-state index in [-0.39, 0.29) is 44.9 Å². The first kappa shape index (κ1) is 26.3. The third kappa shape index (κ3) is 6.23. The van der Waals surface area contributed by atoms with Crippen molar-refractivity contribution in [2.75, 3.05) is 40.5 Å². The van der Waals surface area contributed by atoms with E-state index >= 15 is 0 Å². The number of carbonyl (C=O) groups excluding carboxylic acids is 1. The van der Waals surface area contributed by atoms with Gasteiger partial charge in [-0.3, -0.25) is 18.7 Å². The third-order valence-corrected chi connectivity index (χ3v) is 5.90. The van der Waals surface area contributed by atoms with Gasteiger partial charge in [-0.05, 0) is 31.9 Å². The van der Waals surface area contributed by atoms with E-state index in [0.29, 0.717) is 29.5 Å². The van der Waals surface area contributed by atoms with Crippen LogP contribution in [-0.4, -0.2) is 66.7 Å². The summed E-state index contributed by atoms with van der Waals surface area (Å²) in [5, 5.41) is 21.3. The second kappa shape index (κ2) is 11.9. The van der Waals surface area contributed by atoms with Crippen molar-refractivity contribution >= 4 is 11.6 Å². The molecule has 1 aromatic heterocycles. The Bertz CT molecular complexity index is 1210. The predicted molar refractivity (Wildman–Crippen MR) is 127 cm³/mol. The van der Waals surface area contributed by atoms with Crippen molar-refractivity contribution in [1.82, 2.24) is 14.5 Å². The molecule has 2 atom stereocenters. The molecule has 0 saturated carbocycles. The van der Waals surface area contributed by atoms with Crippen LogP contribution in [-0.2, 0) is 16.0 Å². The number of aliphatic hydroxyl groups is 1. The topological polar surface area (TPSA) is 140 Å². The first-order valence-corrected chi connectivity index (χ1v) is 11.6. The molecule has 1 aliphatic rings. The van der Waals surface area contributed by atoms with Crippen molar-refractivity contribution in [3.8, 4) is 6.07 Å². The van der Waals surface area contributed by atoms with Crippen molar-refractivity contribution in [2.45, 2.75) is 38.6 Å². The fourth-order valence-corrected chi connectivity index (χ4v) is 4.00. The van der Waals surface area contributed by atoms with E-state index in [1.54, 1.807) is 25.1 Å². The number of carbonyl (C=O) groups is 1. The summed E-state index contributed by atoms with van der Waals surface area (Å²) in [6.45, 7) is 2.10. The molecule has 0 aliphatic carbocycles. The quantitative estimate of drug-likeness (QED) is 0.369. The van der Waals surface area contributed by atoms with Crippen LogP contribution in [0.1, 0.15) is 40.6 Å². The number of amides is 1. The Labute approximate surface area is 203 Å². The fraction of sp³-hybridized carbons (Fsp3) is 0.500. The number of ether oxygens (including phenoxy) is 2. The molecule has 1 aliphatic heterocycles. The Hall–Kier alpha value is -3.30. The zero-order chi connectivity index (χ0) is 25.5. The van der Waals surface area contributed by atoms with Gasteiger partial charge in [0.25, 0.3) is 11.5 Å². The van der Waals surface area contributed by atoms with Crippen molar-refractivity contribution in [1.29, 1.82) is 5.26 Å².